The highest BCUT2D eigenvalue weighted by atomic mass is 16.2. The number of nitrogens with zero attached hydrogens (tertiary/aromatic N) is 5. The number of hydrogen-bond acceptors (Lipinski definition) is 4. The number of hydrogen-bond donors (Lipinski definition) is 0. The van der Waals surface area contributed by atoms with Crippen molar-refractivity contribution in [2.45, 2.75) is 19.5 Å². The number of aryl methyl sites for hydroxylation is 1. The maximum atomic E-state index is 13.2. The van der Waals surface area contributed by atoms with Crippen molar-refractivity contribution in [1.29, 1.82) is 0 Å². The van der Waals surface area contributed by atoms with Crippen molar-refractivity contribution in [2.24, 2.45) is 4.99 Å². The van der Waals surface area contributed by atoms with Gasteiger partial charge < -0.3 is 4.57 Å². The van der Waals surface area contributed by atoms with E-state index in [2.05, 4.69) is 29.2 Å². The second-order valence-electron chi connectivity index (χ2n) is 7.23. The molecule has 2 aliphatic rings. The molecular formula is C22H21N5O. The molecule has 1 unspecified atom stereocenters. The van der Waals surface area contributed by atoms with E-state index in [1.54, 1.807) is 11.9 Å². The van der Waals surface area contributed by atoms with Gasteiger partial charge in [-0.1, -0.05) is 60.7 Å². The van der Waals surface area contributed by atoms with Gasteiger partial charge in [0.15, 0.2) is 11.5 Å². The summed E-state index contributed by atoms with van der Waals surface area (Å²) < 4.78 is 2.01. The van der Waals surface area contributed by atoms with Crippen molar-refractivity contribution in [3.8, 4) is 0 Å². The van der Waals surface area contributed by atoms with Crippen LogP contribution in [0.2, 0.25) is 0 Å². The predicted octanol–water partition coefficient (Wildman–Crippen LogP) is 3.24. The number of guanidine groups is 1. The Morgan fingerprint density at radius 2 is 1.71 bits per heavy atom. The standard InChI is InChI=1S/C22H21N5O/c1-15-23-20-19(26(15)13-16-9-5-3-6-10-16)21(28)25(2)22-24-18(14-27(20)22)17-11-7-4-8-12-17/h3-12,18H,13-14H2,1-2H3. The Morgan fingerprint density at radius 3 is 2.43 bits per heavy atom. The summed E-state index contributed by atoms with van der Waals surface area (Å²) in [5, 5.41) is 0. The topological polar surface area (TPSA) is 53.7 Å². The maximum Gasteiger partial charge on any atom is 0.280 e. The van der Waals surface area contributed by atoms with Gasteiger partial charge in [-0.25, -0.2) is 9.98 Å². The quantitative estimate of drug-likeness (QED) is 0.710. The van der Waals surface area contributed by atoms with Gasteiger partial charge >= 0.3 is 0 Å². The second-order valence-corrected chi connectivity index (χ2v) is 7.23. The van der Waals surface area contributed by atoms with Crippen molar-refractivity contribution in [2.75, 3.05) is 18.5 Å². The molecule has 3 heterocycles. The number of carbonyl (C=O) groups is 1. The lowest BCUT2D eigenvalue weighted by Gasteiger charge is -2.31. The van der Waals surface area contributed by atoms with Crippen LogP contribution in [0.1, 0.15) is 33.5 Å². The van der Waals surface area contributed by atoms with Crippen LogP contribution < -0.4 is 4.90 Å². The van der Waals surface area contributed by atoms with Crippen LogP contribution in [-0.4, -0.2) is 39.9 Å². The molecule has 2 aromatic carbocycles. The lowest BCUT2D eigenvalue weighted by molar-refractivity contribution is 0.0855. The molecule has 0 aliphatic carbocycles. The summed E-state index contributed by atoms with van der Waals surface area (Å²) in [7, 11) is 1.79. The zero-order chi connectivity index (χ0) is 19.3. The van der Waals surface area contributed by atoms with E-state index < -0.39 is 0 Å². The fourth-order valence-corrected chi connectivity index (χ4v) is 3.97. The molecular weight excluding hydrogens is 350 g/mol. The van der Waals surface area contributed by atoms with Gasteiger partial charge in [0.05, 0.1) is 12.6 Å². The van der Waals surface area contributed by atoms with Crippen LogP contribution >= 0.6 is 0 Å². The lowest BCUT2D eigenvalue weighted by atomic mass is 10.1. The van der Waals surface area contributed by atoms with E-state index in [1.807, 2.05) is 47.9 Å². The first kappa shape index (κ1) is 16.7. The van der Waals surface area contributed by atoms with Crippen molar-refractivity contribution in [3.63, 3.8) is 0 Å². The first-order chi connectivity index (χ1) is 13.6. The van der Waals surface area contributed by atoms with E-state index in [1.165, 1.54) is 0 Å². The molecule has 1 atom stereocenters. The lowest BCUT2D eigenvalue weighted by Crippen LogP contribution is -2.48. The van der Waals surface area contributed by atoms with Crippen molar-refractivity contribution >= 4 is 17.7 Å². The van der Waals surface area contributed by atoms with Gasteiger partial charge in [0.25, 0.3) is 5.91 Å². The molecule has 5 rings (SSSR count). The summed E-state index contributed by atoms with van der Waals surface area (Å²) in [5.41, 5.74) is 2.92. The first-order valence-electron chi connectivity index (χ1n) is 9.43. The Hall–Kier alpha value is -3.41. The van der Waals surface area contributed by atoms with E-state index in [0.717, 1.165) is 17.0 Å². The minimum atomic E-state index is -0.0600. The van der Waals surface area contributed by atoms with Gasteiger partial charge in [0.2, 0.25) is 5.96 Å². The summed E-state index contributed by atoms with van der Waals surface area (Å²) >= 11 is 0. The van der Waals surface area contributed by atoms with Crippen LogP contribution in [0.15, 0.2) is 65.7 Å². The smallest absolute Gasteiger partial charge is 0.280 e. The van der Waals surface area contributed by atoms with Gasteiger partial charge in [0, 0.05) is 13.6 Å². The second kappa shape index (κ2) is 6.34. The predicted molar refractivity (Wildman–Crippen MR) is 109 cm³/mol. The Kier molecular flexibility index (Phi) is 3.79. The molecule has 0 saturated heterocycles. The van der Waals surface area contributed by atoms with E-state index >= 15 is 0 Å². The monoisotopic (exact) mass is 371 g/mol. The third-order valence-corrected chi connectivity index (χ3v) is 5.44. The van der Waals surface area contributed by atoms with Gasteiger partial charge in [-0.05, 0) is 18.1 Å². The third-order valence-electron chi connectivity index (χ3n) is 5.44. The molecule has 0 spiro atoms. The molecule has 0 saturated carbocycles. The number of carbonyl (C=O) groups excluding carboxylic acids is 1. The fraction of sp³-hybridized carbons (Fsp3) is 0.227. The largest absolute Gasteiger partial charge is 0.318 e. The molecule has 0 radical (unpaired) electrons. The van der Waals surface area contributed by atoms with Gasteiger partial charge in [0.1, 0.15) is 5.82 Å². The first-order valence-corrected chi connectivity index (χ1v) is 9.43. The van der Waals surface area contributed by atoms with Crippen molar-refractivity contribution in [1.82, 2.24) is 14.5 Å². The Morgan fingerprint density at radius 1 is 1.04 bits per heavy atom. The number of rotatable bonds is 3. The molecule has 0 fully saturated rings. The molecule has 1 amide bonds. The summed E-state index contributed by atoms with van der Waals surface area (Å²) in [5.74, 6) is 2.17. The van der Waals surface area contributed by atoms with Crippen LogP contribution in [0.4, 0.5) is 5.82 Å². The molecule has 1 aromatic heterocycles. The average Bonchev–Trinajstić information content (AvgIpc) is 3.30. The van der Waals surface area contributed by atoms with Crippen LogP contribution in [0.3, 0.4) is 0 Å². The minimum absolute atomic E-state index is 0.00280. The summed E-state index contributed by atoms with van der Waals surface area (Å²) in [6.45, 7) is 3.26. The van der Waals surface area contributed by atoms with Crippen molar-refractivity contribution < 1.29 is 4.79 Å². The van der Waals surface area contributed by atoms with E-state index in [-0.39, 0.29) is 11.9 Å². The van der Waals surface area contributed by atoms with Gasteiger partial charge in [-0.15, -0.1) is 0 Å². The third kappa shape index (κ3) is 2.52. The Bertz CT molecular complexity index is 1070. The van der Waals surface area contributed by atoms with Crippen LogP contribution in [0.25, 0.3) is 0 Å². The Balaban J connectivity index is 1.56. The number of anilines is 1. The number of benzene rings is 2. The normalized spacial score (nSPS) is 18.1. The van der Waals surface area contributed by atoms with Crippen LogP contribution in [0, 0.1) is 6.92 Å². The van der Waals surface area contributed by atoms with Crippen molar-refractivity contribution in [3.05, 3.63) is 83.3 Å². The van der Waals surface area contributed by atoms with E-state index in [0.29, 0.717) is 30.6 Å². The fourth-order valence-electron chi connectivity index (χ4n) is 3.97. The average molecular weight is 371 g/mol. The highest BCUT2D eigenvalue weighted by molar-refractivity contribution is 6.17. The zero-order valence-electron chi connectivity index (χ0n) is 15.9. The molecule has 28 heavy (non-hydrogen) atoms. The molecule has 140 valence electrons. The number of imidazole rings is 1. The number of fused-ring (bicyclic) bond motifs is 3. The summed E-state index contributed by atoms with van der Waals surface area (Å²) in [6.07, 6.45) is 0. The number of amides is 1. The minimum Gasteiger partial charge on any atom is -0.318 e. The SMILES string of the molecule is Cc1nc2c(n1Cc1ccccc1)C(=O)N(C)C1=NC(c3ccccc3)CN12. The highest BCUT2D eigenvalue weighted by Crippen LogP contribution is 2.36. The molecule has 2 aliphatic heterocycles. The van der Waals surface area contributed by atoms with Crippen LogP contribution in [-0.2, 0) is 6.54 Å². The highest BCUT2D eigenvalue weighted by Gasteiger charge is 2.42. The molecule has 6 nitrogen and oxygen atoms in total. The van der Waals surface area contributed by atoms with Gasteiger partial charge in [-0.2, -0.15) is 0 Å². The molecule has 3 aromatic rings. The van der Waals surface area contributed by atoms with E-state index in [9.17, 15) is 4.79 Å². The molecule has 6 heteroatoms. The van der Waals surface area contributed by atoms with Crippen LogP contribution in [0.5, 0.6) is 0 Å². The maximum absolute atomic E-state index is 13.2. The molecule has 0 N–H and O–H groups in total. The van der Waals surface area contributed by atoms with Gasteiger partial charge in [-0.3, -0.25) is 14.6 Å². The summed E-state index contributed by atoms with van der Waals surface area (Å²) in [4.78, 5) is 26.5. The molecule has 0 bridgehead atoms. The van der Waals surface area contributed by atoms with E-state index in [4.69, 9.17) is 9.98 Å². The summed E-state index contributed by atoms with van der Waals surface area (Å²) in [6, 6.07) is 20.3. The zero-order valence-corrected chi connectivity index (χ0v) is 15.9. The number of aliphatic imine (C=N–C) groups is 1. The number of aromatic nitrogens is 2. The Labute approximate surface area is 163 Å².